The van der Waals surface area contributed by atoms with Gasteiger partial charge in [-0.2, -0.15) is 0 Å². The van der Waals surface area contributed by atoms with Crippen molar-refractivity contribution in [3.8, 4) is 5.75 Å². The summed E-state index contributed by atoms with van der Waals surface area (Å²) in [5.41, 5.74) is 11.0. The monoisotopic (exact) mass is 580 g/mol. The highest BCUT2D eigenvalue weighted by atomic mass is 32.1. The number of para-hydroxylation sites is 1. The highest BCUT2D eigenvalue weighted by molar-refractivity contribution is 7.16. The second-order valence-corrected chi connectivity index (χ2v) is 11.5. The van der Waals surface area contributed by atoms with E-state index in [4.69, 9.17) is 10.5 Å². The molecule has 0 bridgehead atoms. The topological polar surface area (TPSA) is 110 Å². The molecule has 3 aromatic carbocycles. The number of carboxylic acids is 1. The molecule has 3 heterocycles. The third kappa shape index (κ3) is 5.36. The number of nitrogens with two attached hydrogens (primary N) is 1. The number of nitrogens with one attached hydrogen (secondary N) is 1. The first-order valence-electron chi connectivity index (χ1n) is 13.8. The molecule has 6 rings (SSSR count). The predicted octanol–water partition coefficient (Wildman–Crippen LogP) is 5.57. The Morgan fingerprint density at radius 1 is 1.00 bits per heavy atom. The fraction of sp³-hybridized carbons (Fsp3) is 0.212. The van der Waals surface area contributed by atoms with E-state index in [2.05, 4.69) is 26.9 Å². The van der Waals surface area contributed by atoms with Crippen LogP contribution in [0.25, 0.3) is 10.9 Å². The molecule has 0 aliphatic carbocycles. The number of methoxy groups -OCH3 is 1. The minimum Gasteiger partial charge on any atom is -0.497 e. The number of carbonyl (C=O) groups is 2. The first-order chi connectivity index (χ1) is 20.4. The third-order valence-electron chi connectivity index (χ3n) is 7.90. The Kier molecular flexibility index (Phi) is 7.69. The van der Waals surface area contributed by atoms with E-state index in [-0.39, 0.29) is 17.5 Å². The lowest BCUT2D eigenvalue weighted by Gasteiger charge is -2.36. The van der Waals surface area contributed by atoms with Crippen molar-refractivity contribution >= 4 is 39.1 Å². The van der Waals surface area contributed by atoms with Gasteiger partial charge in [0.2, 0.25) is 0 Å². The molecule has 1 aliphatic heterocycles. The molecule has 0 radical (unpaired) electrons. The van der Waals surface area contributed by atoms with Crippen molar-refractivity contribution in [2.45, 2.75) is 25.6 Å². The van der Waals surface area contributed by atoms with Gasteiger partial charge < -0.3 is 25.5 Å². The number of aromatic nitrogens is 1. The van der Waals surface area contributed by atoms with Crippen LogP contribution in [0.2, 0.25) is 0 Å². The van der Waals surface area contributed by atoms with Crippen LogP contribution in [-0.2, 0) is 19.5 Å². The van der Waals surface area contributed by atoms with Gasteiger partial charge >= 0.3 is 5.97 Å². The number of rotatable bonds is 9. The Balaban J connectivity index is 1.28. The SMILES string of the molecule is COc1ccc(CN2CCc3c(sc(N)c3C(=O)O)C2CNC(=O)c2cn(Cc3ccccc3)c3ccccc23)cc1. The average Bonchev–Trinajstić information content (AvgIpc) is 3.54. The fourth-order valence-corrected chi connectivity index (χ4v) is 7.08. The minimum atomic E-state index is -1.01. The van der Waals surface area contributed by atoms with Gasteiger partial charge in [-0.05, 0) is 41.3 Å². The van der Waals surface area contributed by atoms with E-state index < -0.39 is 5.97 Å². The summed E-state index contributed by atoms with van der Waals surface area (Å²) in [6, 6.07) is 25.8. The van der Waals surface area contributed by atoms with E-state index in [9.17, 15) is 14.7 Å². The molecule has 1 amide bonds. The maximum Gasteiger partial charge on any atom is 0.338 e. The van der Waals surface area contributed by atoms with Crippen LogP contribution in [-0.4, -0.2) is 46.6 Å². The number of aromatic carboxylic acids is 1. The second kappa shape index (κ2) is 11.7. The number of nitrogens with zero attached hydrogens (tertiary/aromatic N) is 2. The summed E-state index contributed by atoms with van der Waals surface area (Å²) >= 11 is 1.31. The smallest absolute Gasteiger partial charge is 0.338 e. The van der Waals surface area contributed by atoms with E-state index in [1.807, 2.05) is 72.9 Å². The Morgan fingerprint density at radius 2 is 1.71 bits per heavy atom. The molecule has 4 N–H and O–H groups in total. The molecule has 0 fully saturated rings. The number of hydrogen-bond acceptors (Lipinski definition) is 6. The number of anilines is 1. The molecule has 0 saturated heterocycles. The maximum atomic E-state index is 13.7. The lowest BCUT2D eigenvalue weighted by Crippen LogP contribution is -2.41. The van der Waals surface area contributed by atoms with Crippen LogP contribution in [0, 0.1) is 0 Å². The van der Waals surface area contributed by atoms with Crippen LogP contribution >= 0.6 is 11.3 Å². The number of benzene rings is 3. The van der Waals surface area contributed by atoms with E-state index in [0.29, 0.717) is 43.2 Å². The number of carboxylic acid groups (broad SMARTS) is 1. The molecule has 1 aliphatic rings. The van der Waals surface area contributed by atoms with Gasteiger partial charge in [-0.15, -0.1) is 11.3 Å². The number of thiophene rings is 1. The normalized spacial score (nSPS) is 14.9. The summed E-state index contributed by atoms with van der Waals surface area (Å²) in [6.07, 6.45) is 2.50. The Hall–Kier alpha value is -4.60. The van der Waals surface area contributed by atoms with Gasteiger partial charge in [-0.3, -0.25) is 9.69 Å². The summed E-state index contributed by atoms with van der Waals surface area (Å²) < 4.78 is 7.41. The van der Waals surface area contributed by atoms with Crippen LogP contribution in [0.4, 0.5) is 5.00 Å². The van der Waals surface area contributed by atoms with Crippen molar-refractivity contribution in [1.29, 1.82) is 0 Å². The number of hydrogen-bond donors (Lipinski definition) is 3. The fourth-order valence-electron chi connectivity index (χ4n) is 5.83. The van der Waals surface area contributed by atoms with Crippen LogP contribution in [0.15, 0.2) is 85.1 Å². The Morgan fingerprint density at radius 3 is 2.45 bits per heavy atom. The lowest BCUT2D eigenvalue weighted by molar-refractivity contribution is 0.0694. The standard InChI is InChI=1S/C33H32N4O4S/c1-41-23-13-11-22(12-14-23)18-36-16-15-25-29(33(39)40)31(34)42-30(25)28(36)17-35-32(38)26-20-37(19-21-7-3-2-4-8-21)27-10-6-5-9-24(26)27/h2-14,20,28H,15-19,34H2,1H3,(H,35,38)(H,39,40). The van der Waals surface area contributed by atoms with Crippen molar-refractivity contribution in [3.05, 3.63) is 118 Å². The molecule has 9 heteroatoms. The van der Waals surface area contributed by atoms with Crippen LogP contribution < -0.4 is 15.8 Å². The van der Waals surface area contributed by atoms with Crippen molar-refractivity contribution in [3.63, 3.8) is 0 Å². The first kappa shape index (κ1) is 27.6. The molecular weight excluding hydrogens is 548 g/mol. The highest BCUT2D eigenvalue weighted by Gasteiger charge is 2.34. The van der Waals surface area contributed by atoms with Crippen molar-refractivity contribution in [1.82, 2.24) is 14.8 Å². The first-order valence-corrected chi connectivity index (χ1v) is 14.7. The number of ether oxygens (including phenoxy) is 1. The van der Waals surface area contributed by atoms with Gasteiger partial charge in [0.15, 0.2) is 0 Å². The summed E-state index contributed by atoms with van der Waals surface area (Å²) in [7, 11) is 1.64. The molecule has 42 heavy (non-hydrogen) atoms. The largest absolute Gasteiger partial charge is 0.497 e. The summed E-state index contributed by atoms with van der Waals surface area (Å²) in [6.45, 7) is 2.26. The van der Waals surface area contributed by atoms with E-state index in [1.165, 1.54) is 11.3 Å². The van der Waals surface area contributed by atoms with E-state index >= 15 is 0 Å². The van der Waals surface area contributed by atoms with Crippen molar-refractivity contribution in [2.75, 3.05) is 25.9 Å². The lowest BCUT2D eigenvalue weighted by atomic mass is 9.96. The quantitative estimate of drug-likeness (QED) is 0.210. The van der Waals surface area contributed by atoms with Gasteiger partial charge in [0.05, 0.1) is 24.3 Å². The van der Waals surface area contributed by atoms with Crippen molar-refractivity contribution < 1.29 is 19.4 Å². The number of carbonyl (C=O) groups excluding carboxylic acids is 1. The zero-order valence-electron chi connectivity index (χ0n) is 23.2. The molecule has 1 atom stereocenters. The summed E-state index contributed by atoms with van der Waals surface area (Å²) in [5, 5.41) is 14.2. The Bertz CT molecular complexity index is 1740. The van der Waals surface area contributed by atoms with Crippen LogP contribution in [0.3, 0.4) is 0 Å². The highest BCUT2D eigenvalue weighted by Crippen LogP contribution is 2.41. The summed E-state index contributed by atoms with van der Waals surface area (Å²) in [5.74, 6) is -0.396. The minimum absolute atomic E-state index is 0.169. The summed E-state index contributed by atoms with van der Waals surface area (Å²) in [4.78, 5) is 28.9. The molecule has 1 unspecified atom stereocenters. The van der Waals surface area contributed by atoms with Gasteiger partial charge in [0.1, 0.15) is 10.8 Å². The third-order valence-corrected chi connectivity index (χ3v) is 9.06. The Labute approximate surface area is 248 Å². The molecule has 2 aromatic heterocycles. The molecule has 5 aromatic rings. The average molecular weight is 581 g/mol. The predicted molar refractivity (Wildman–Crippen MR) is 165 cm³/mol. The van der Waals surface area contributed by atoms with E-state index in [1.54, 1.807) is 7.11 Å². The van der Waals surface area contributed by atoms with Crippen LogP contribution in [0.1, 0.15) is 48.3 Å². The van der Waals surface area contributed by atoms with Crippen LogP contribution in [0.5, 0.6) is 5.75 Å². The second-order valence-electron chi connectivity index (χ2n) is 10.5. The number of nitrogen functional groups attached to an aromatic ring is 1. The molecular formula is C33H32N4O4S. The number of fused-ring (bicyclic) bond motifs is 2. The number of amides is 1. The molecule has 0 spiro atoms. The maximum absolute atomic E-state index is 13.7. The van der Waals surface area contributed by atoms with E-state index in [0.717, 1.165) is 38.2 Å². The van der Waals surface area contributed by atoms with Gasteiger partial charge in [-0.25, -0.2) is 4.79 Å². The molecule has 0 saturated carbocycles. The zero-order chi connectivity index (χ0) is 29.2. The van der Waals surface area contributed by atoms with Gasteiger partial charge in [-0.1, -0.05) is 60.7 Å². The van der Waals surface area contributed by atoms with Crippen molar-refractivity contribution in [2.24, 2.45) is 0 Å². The van der Waals surface area contributed by atoms with Gasteiger partial charge in [0.25, 0.3) is 5.91 Å². The molecule has 214 valence electrons. The molecule has 8 nitrogen and oxygen atoms in total. The van der Waals surface area contributed by atoms with Gasteiger partial charge in [0, 0.05) is 48.2 Å². The zero-order valence-corrected chi connectivity index (χ0v) is 24.1.